The van der Waals surface area contributed by atoms with E-state index in [1.54, 1.807) is 10.9 Å². The molecule has 5 nitrogen and oxygen atoms in total. The second kappa shape index (κ2) is 3.43. The van der Waals surface area contributed by atoms with Crippen molar-refractivity contribution in [2.75, 3.05) is 6.61 Å². The molecule has 1 aliphatic heterocycles. The van der Waals surface area contributed by atoms with Crippen molar-refractivity contribution in [1.29, 1.82) is 0 Å². The van der Waals surface area contributed by atoms with Crippen LogP contribution in [0.4, 0.5) is 0 Å². The first kappa shape index (κ1) is 8.65. The Labute approximate surface area is 76.9 Å². The molecule has 0 aliphatic carbocycles. The Morgan fingerprint density at radius 2 is 2.62 bits per heavy atom. The zero-order chi connectivity index (χ0) is 9.26. The van der Waals surface area contributed by atoms with Crippen LogP contribution < -0.4 is 5.73 Å². The first-order chi connectivity index (χ1) is 6.29. The Morgan fingerprint density at radius 1 is 1.77 bits per heavy atom. The van der Waals surface area contributed by atoms with Crippen LogP contribution in [0.15, 0.2) is 6.20 Å². The standard InChI is InChI=1S/C8H14N4O/c1-12-6(5-10-11-12)8(9)7-3-2-4-13-7/h5,7-8H,2-4,9H2,1H3. The van der Waals surface area contributed by atoms with E-state index in [-0.39, 0.29) is 12.1 Å². The summed E-state index contributed by atoms with van der Waals surface area (Å²) in [6.45, 7) is 0.823. The minimum Gasteiger partial charge on any atom is -0.376 e. The van der Waals surface area contributed by atoms with Crippen LogP contribution in [-0.2, 0) is 11.8 Å². The van der Waals surface area contributed by atoms with Crippen LogP contribution in [0.25, 0.3) is 0 Å². The Balaban J connectivity index is 2.12. The molecule has 13 heavy (non-hydrogen) atoms. The van der Waals surface area contributed by atoms with Gasteiger partial charge < -0.3 is 10.5 Å². The van der Waals surface area contributed by atoms with Gasteiger partial charge in [-0.15, -0.1) is 5.10 Å². The lowest BCUT2D eigenvalue weighted by molar-refractivity contribution is 0.0878. The minimum absolute atomic E-state index is 0.0949. The molecule has 0 saturated carbocycles. The Kier molecular flexibility index (Phi) is 2.28. The maximum absolute atomic E-state index is 6.02. The van der Waals surface area contributed by atoms with Gasteiger partial charge in [-0.25, -0.2) is 0 Å². The van der Waals surface area contributed by atoms with E-state index in [9.17, 15) is 0 Å². The molecule has 2 unspecified atom stereocenters. The van der Waals surface area contributed by atoms with Crippen molar-refractivity contribution >= 4 is 0 Å². The predicted octanol–water partition coefficient (Wildman–Crippen LogP) is -0.00610. The monoisotopic (exact) mass is 182 g/mol. The largest absolute Gasteiger partial charge is 0.376 e. The van der Waals surface area contributed by atoms with Gasteiger partial charge in [-0.1, -0.05) is 5.21 Å². The molecule has 72 valence electrons. The van der Waals surface area contributed by atoms with Gasteiger partial charge in [0.15, 0.2) is 0 Å². The molecule has 5 heteroatoms. The Hall–Kier alpha value is -0.940. The molecule has 0 radical (unpaired) electrons. The third kappa shape index (κ3) is 1.57. The van der Waals surface area contributed by atoms with Gasteiger partial charge in [-0.05, 0) is 12.8 Å². The summed E-state index contributed by atoms with van der Waals surface area (Å²) in [6, 6.07) is -0.0949. The van der Waals surface area contributed by atoms with E-state index >= 15 is 0 Å². The van der Waals surface area contributed by atoms with E-state index in [1.165, 1.54) is 0 Å². The molecule has 2 rings (SSSR count). The molecule has 0 bridgehead atoms. The van der Waals surface area contributed by atoms with Crippen LogP contribution in [-0.4, -0.2) is 27.7 Å². The highest BCUT2D eigenvalue weighted by atomic mass is 16.5. The van der Waals surface area contributed by atoms with Crippen molar-refractivity contribution < 1.29 is 4.74 Å². The fourth-order valence-electron chi connectivity index (χ4n) is 1.68. The van der Waals surface area contributed by atoms with Crippen LogP contribution in [0.1, 0.15) is 24.6 Å². The van der Waals surface area contributed by atoms with Crippen LogP contribution in [0.3, 0.4) is 0 Å². The fourth-order valence-corrected chi connectivity index (χ4v) is 1.68. The highest BCUT2D eigenvalue weighted by Gasteiger charge is 2.26. The lowest BCUT2D eigenvalue weighted by Gasteiger charge is -2.17. The summed E-state index contributed by atoms with van der Waals surface area (Å²) in [6.07, 6.45) is 3.97. The van der Waals surface area contributed by atoms with Gasteiger partial charge in [0.1, 0.15) is 0 Å². The van der Waals surface area contributed by atoms with Crippen molar-refractivity contribution in [1.82, 2.24) is 15.0 Å². The van der Waals surface area contributed by atoms with Crippen LogP contribution >= 0.6 is 0 Å². The molecule has 2 N–H and O–H groups in total. The fraction of sp³-hybridized carbons (Fsp3) is 0.750. The summed E-state index contributed by atoms with van der Waals surface area (Å²) in [5.74, 6) is 0. The molecule has 0 aromatic carbocycles. The summed E-state index contributed by atoms with van der Waals surface area (Å²) < 4.78 is 7.20. The SMILES string of the molecule is Cn1nncc1C(N)C1CCCO1. The molecule has 1 aromatic heterocycles. The van der Waals surface area contributed by atoms with Gasteiger partial charge >= 0.3 is 0 Å². The zero-order valence-corrected chi connectivity index (χ0v) is 7.68. The van der Waals surface area contributed by atoms with Crippen LogP contribution in [0.2, 0.25) is 0 Å². The number of nitrogens with two attached hydrogens (primary N) is 1. The summed E-state index contributed by atoms with van der Waals surface area (Å²) >= 11 is 0. The highest BCUT2D eigenvalue weighted by molar-refractivity contribution is 5.04. The van der Waals surface area contributed by atoms with Crippen LogP contribution in [0.5, 0.6) is 0 Å². The number of ether oxygens (including phenoxy) is 1. The van der Waals surface area contributed by atoms with E-state index in [2.05, 4.69) is 10.3 Å². The van der Waals surface area contributed by atoms with Crippen molar-refractivity contribution in [3.63, 3.8) is 0 Å². The van der Waals surface area contributed by atoms with Gasteiger partial charge in [0.05, 0.1) is 24.0 Å². The highest BCUT2D eigenvalue weighted by Crippen LogP contribution is 2.23. The molecular weight excluding hydrogens is 168 g/mol. The Morgan fingerprint density at radius 3 is 3.15 bits per heavy atom. The van der Waals surface area contributed by atoms with Gasteiger partial charge in [0, 0.05) is 13.7 Å². The number of rotatable bonds is 2. The van der Waals surface area contributed by atoms with Gasteiger partial charge in [-0.3, -0.25) is 4.68 Å². The molecule has 1 aromatic rings. The average molecular weight is 182 g/mol. The van der Waals surface area contributed by atoms with Gasteiger partial charge in [-0.2, -0.15) is 0 Å². The maximum atomic E-state index is 6.02. The third-order valence-corrected chi connectivity index (χ3v) is 2.46. The molecule has 1 saturated heterocycles. The molecule has 2 atom stereocenters. The second-order valence-corrected chi connectivity index (χ2v) is 3.36. The van der Waals surface area contributed by atoms with E-state index in [0.29, 0.717) is 0 Å². The lowest BCUT2D eigenvalue weighted by atomic mass is 10.1. The molecule has 0 amide bonds. The molecular formula is C8H14N4O. The third-order valence-electron chi connectivity index (χ3n) is 2.46. The van der Waals surface area contributed by atoms with Crippen molar-refractivity contribution in [3.8, 4) is 0 Å². The van der Waals surface area contributed by atoms with Crippen molar-refractivity contribution in [2.45, 2.75) is 25.0 Å². The van der Waals surface area contributed by atoms with E-state index < -0.39 is 0 Å². The summed E-state index contributed by atoms with van der Waals surface area (Å²) in [5.41, 5.74) is 6.96. The summed E-state index contributed by atoms with van der Waals surface area (Å²) in [7, 11) is 1.84. The number of aryl methyl sites for hydroxylation is 1. The molecule has 2 heterocycles. The smallest absolute Gasteiger partial charge is 0.0784 e. The lowest BCUT2D eigenvalue weighted by Crippen LogP contribution is -2.27. The quantitative estimate of drug-likeness (QED) is 0.698. The van der Waals surface area contributed by atoms with Gasteiger partial charge in [0.2, 0.25) is 0 Å². The number of nitrogens with zero attached hydrogens (tertiary/aromatic N) is 3. The number of aromatic nitrogens is 3. The van der Waals surface area contributed by atoms with E-state index in [0.717, 1.165) is 25.1 Å². The number of hydrogen-bond donors (Lipinski definition) is 1. The summed E-state index contributed by atoms with van der Waals surface area (Å²) in [5, 5.41) is 7.63. The summed E-state index contributed by atoms with van der Waals surface area (Å²) in [4.78, 5) is 0. The molecule has 0 spiro atoms. The normalized spacial score (nSPS) is 24.9. The van der Waals surface area contributed by atoms with E-state index in [1.807, 2.05) is 7.05 Å². The van der Waals surface area contributed by atoms with Gasteiger partial charge in [0.25, 0.3) is 0 Å². The predicted molar refractivity (Wildman–Crippen MR) is 46.9 cm³/mol. The number of hydrogen-bond acceptors (Lipinski definition) is 4. The average Bonchev–Trinajstić information content (AvgIpc) is 2.72. The Bertz CT molecular complexity index is 279. The van der Waals surface area contributed by atoms with Crippen molar-refractivity contribution in [2.24, 2.45) is 12.8 Å². The zero-order valence-electron chi connectivity index (χ0n) is 7.68. The van der Waals surface area contributed by atoms with E-state index in [4.69, 9.17) is 10.5 Å². The topological polar surface area (TPSA) is 66.0 Å². The molecule has 1 fully saturated rings. The maximum Gasteiger partial charge on any atom is 0.0784 e. The van der Waals surface area contributed by atoms with Crippen molar-refractivity contribution in [3.05, 3.63) is 11.9 Å². The molecule has 1 aliphatic rings. The first-order valence-electron chi connectivity index (χ1n) is 4.51. The second-order valence-electron chi connectivity index (χ2n) is 3.36. The minimum atomic E-state index is -0.0949. The first-order valence-corrected chi connectivity index (χ1v) is 4.51. The van der Waals surface area contributed by atoms with Crippen LogP contribution in [0, 0.1) is 0 Å².